The van der Waals surface area contributed by atoms with E-state index in [1.54, 1.807) is 18.4 Å². The van der Waals surface area contributed by atoms with E-state index in [9.17, 15) is 19.5 Å². The van der Waals surface area contributed by atoms with Crippen molar-refractivity contribution in [2.75, 3.05) is 10.6 Å². The van der Waals surface area contributed by atoms with Gasteiger partial charge in [0.25, 0.3) is 5.91 Å². The fraction of sp³-hybridized carbons (Fsp3) is 0.118. The van der Waals surface area contributed by atoms with E-state index in [0.717, 1.165) is 16.2 Å². The molecule has 0 aliphatic heterocycles. The minimum absolute atomic E-state index is 0.0292. The van der Waals surface area contributed by atoms with Crippen LogP contribution < -0.4 is 15.7 Å². The van der Waals surface area contributed by atoms with Crippen molar-refractivity contribution in [3.63, 3.8) is 0 Å². The molecule has 0 bridgehead atoms. The Kier molecular flexibility index (Phi) is 5.28. The normalized spacial score (nSPS) is 10.4. The third-order valence-electron chi connectivity index (χ3n) is 3.37. The molecule has 0 saturated heterocycles. The first-order valence-corrected chi connectivity index (χ1v) is 9.37. The van der Waals surface area contributed by atoms with Crippen molar-refractivity contribution in [2.45, 2.75) is 13.8 Å². The number of aromatic carboxylic acids is 1. The lowest BCUT2D eigenvalue weighted by atomic mass is 10.2. The summed E-state index contributed by atoms with van der Waals surface area (Å²) in [6.07, 6.45) is 0. The van der Waals surface area contributed by atoms with Gasteiger partial charge in [0, 0.05) is 18.0 Å². The van der Waals surface area contributed by atoms with Gasteiger partial charge in [-0.05, 0) is 24.6 Å². The van der Waals surface area contributed by atoms with Gasteiger partial charge in [0.2, 0.25) is 5.91 Å². The van der Waals surface area contributed by atoms with Crippen LogP contribution in [-0.2, 0) is 4.79 Å². The molecule has 27 heavy (non-hydrogen) atoms. The average molecular weight is 401 g/mol. The second-order valence-electron chi connectivity index (χ2n) is 5.48. The number of carbonyl (C=O) groups excluding carboxylic acids is 3. The number of carboxylic acid groups (broad SMARTS) is 1. The summed E-state index contributed by atoms with van der Waals surface area (Å²) in [7, 11) is 0. The van der Waals surface area contributed by atoms with E-state index >= 15 is 0 Å². The Labute approximate surface area is 161 Å². The number of hydrogen-bond donors (Lipinski definition) is 2. The van der Waals surface area contributed by atoms with Crippen LogP contribution >= 0.6 is 22.7 Å². The van der Waals surface area contributed by atoms with Crippen LogP contribution in [0.2, 0.25) is 0 Å². The number of carbonyl (C=O) groups is 3. The Morgan fingerprint density at radius 2 is 1.93 bits per heavy atom. The minimum atomic E-state index is -1.32. The summed E-state index contributed by atoms with van der Waals surface area (Å²) in [6, 6.07) is 5.78. The zero-order chi connectivity index (χ0) is 19.6. The van der Waals surface area contributed by atoms with E-state index in [4.69, 9.17) is 0 Å². The molecule has 8 nitrogen and oxygen atoms in total. The molecule has 2 N–H and O–H groups in total. The van der Waals surface area contributed by atoms with E-state index in [0.29, 0.717) is 22.2 Å². The predicted octanol–water partition coefficient (Wildman–Crippen LogP) is 2.15. The average Bonchev–Trinajstić information content (AvgIpc) is 3.21. The second-order valence-corrected chi connectivity index (χ2v) is 7.33. The molecule has 1 aromatic carbocycles. The van der Waals surface area contributed by atoms with Gasteiger partial charge >= 0.3 is 0 Å². The van der Waals surface area contributed by atoms with E-state index in [1.165, 1.54) is 36.5 Å². The molecule has 0 saturated carbocycles. The van der Waals surface area contributed by atoms with Crippen molar-refractivity contribution >= 4 is 51.3 Å². The molecule has 10 heteroatoms. The zero-order valence-electron chi connectivity index (χ0n) is 14.2. The van der Waals surface area contributed by atoms with Crippen LogP contribution in [0, 0.1) is 6.92 Å². The number of aromatic nitrogens is 2. The molecular formula is C17H13N4O4S2-. The van der Waals surface area contributed by atoms with Gasteiger partial charge < -0.3 is 20.5 Å². The molecular weight excluding hydrogens is 388 g/mol. The van der Waals surface area contributed by atoms with Gasteiger partial charge in [0.15, 0.2) is 10.1 Å². The van der Waals surface area contributed by atoms with E-state index < -0.39 is 11.9 Å². The number of thiazole rings is 2. The molecule has 0 aliphatic carbocycles. The number of carboxylic acids is 1. The van der Waals surface area contributed by atoms with E-state index in [1.807, 2.05) is 0 Å². The van der Waals surface area contributed by atoms with Crippen LogP contribution in [0.15, 0.2) is 29.6 Å². The molecule has 3 rings (SSSR count). The number of aryl methyl sites for hydroxylation is 1. The summed E-state index contributed by atoms with van der Waals surface area (Å²) in [5, 5.41) is 18.6. The maximum absolute atomic E-state index is 12.4. The van der Waals surface area contributed by atoms with Crippen LogP contribution in [-0.4, -0.2) is 27.8 Å². The first-order chi connectivity index (χ1) is 12.8. The SMILES string of the molecule is CC(=O)Nc1nc(C)c(-c2csc(C(=O)Nc3cccc(C(=O)[O-])c3)n2)s1. The Morgan fingerprint density at radius 1 is 1.15 bits per heavy atom. The molecule has 0 radical (unpaired) electrons. The summed E-state index contributed by atoms with van der Waals surface area (Å²) in [5.41, 5.74) is 1.58. The maximum Gasteiger partial charge on any atom is 0.284 e. The summed E-state index contributed by atoms with van der Waals surface area (Å²) >= 11 is 2.43. The van der Waals surface area contributed by atoms with E-state index in [2.05, 4.69) is 20.6 Å². The Bertz CT molecular complexity index is 1040. The van der Waals surface area contributed by atoms with Crippen LogP contribution in [0.4, 0.5) is 10.8 Å². The highest BCUT2D eigenvalue weighted by Gasteiger charge is 2.17. The third-order valence-corrected chi connectivity index (χ3v) is 5.30. The van der Waals surface area contributed by atoms with Crippen molar-refractivity contribution in [2.24, 2.45) is 0 Å². The summed E-state index contributed by atoms with van der Waals surface area (Å²) in [6.45, 7) is 3.19. The minimum Gasteiger partial charge on any atom is -0.545 e. The standard InChI is InChI=1S/C17H14N4O4S2/c1-8-13(27-17(18-8)19-9(2)22)12-7-26-15(21-12)14(23)20-11-5-3-4-10(6-11)16(24)25/h3-7H,1-2H3,(H,20,23)(H,24,25)(H,18,19,22)/p-1. The Morgan fingerprint density at radius 3 is 2.63 bits per heavy atom. The highest BCUT2D eigenvalue weighted by Crippen LogP contribution is 2.33. The molecule has 0 spiro atoms. The molecule has 2 amide bonds. The quantitative estimate of drug-likeness (QED) is 0.675. The monoisotopic (exact) mass is 401 g/mol. The zero-order valence-corrected chi connectivity index (χ0v) is 15.9. The smallest absolute Gasteiger partial charge is 0.284 e. The van der Waals surface area contributed by atoms with Crippen molar-refractivity contribution in [1.29, 1.82) is 0 Å². The van der Waals surface area contributed by atoms with Gasteiger partial charge in [0.05, 0.1) is 22.2 Å². The molecule has 138 valence electrons. The lowest BCUT2D eigenvalue weighted by Gasteiger charge is -2.06. The molecule has 0 fully saturated rings. The van der Waals surface area contributed by atoms with Gasteiger partial charge in [-0.1, -0.05) is 23.5 Å². The van der Waals surface area contributed by atoms with Crippen LogP contribution in [0.5, 0.6) is 0 Å². The van der Waals surface area contributed by atoms with Gasteiger partial charge in [-0.15, -0.1) is 11.3 Å². The highest BCUT2D eigenvalue weighted by atomic mass is 32.1. The van der Waals surface area contributed by atoms with Crippen LogP contribution in [0.1, 0.15) is 32.8 Å². The third kappa shape index (κ3) is 4.36. The molecule has 0 atom stereocenters. The van der Waals surface area contributed by atoms with Crippen LogP contribution in [0.3, 0.4) is 0 Å². The first kappa shape index (κ1) is 18.7. The van der Waals surface area contributed by atoms with Gasteiger partial charge in [-0.3, -0.25) is 9.59 Å². The number of benzene rings is 1. The predicted molar refractivity (Wildman–Crippen MR) is 101 cm³/mol. The lowest BCUT2D eigenvalue weighted by Crippen LogP contribution is -2.22. The largest absolute Gasteiger partial charge is 0.545 e. The Balaban J connectivity index is 1.78. The van der Waals surface area contributed by atoms with Crippen molar-refractivity contribution in [3.05, 3.63) is 45.9 Å². The summed E-state index contributed by atoms with van der Waals surface area (Å²) in [5.74, 6) is -1.99. The molecule has 3 aromatic rings. The lowest BCUT2D eigenvalue weighted by molar-refractivity contribution is -0.255. The Hall–Kier alpha value is -3.11. The molecule has 0 unspecified atom stereocenters. The molecule has 2 aromatic heterocycles. The van der Waals surface area contributed by atoms with Crippen LogP contribution in [0.25, 0.3) is 10.6 Å². The first-order valence-electron chi connectivity index (χ1n) is 7.67. The van der Waals surface area contributed by atoms with Crippen molar-refractivity contribution in [1.82, 2.24) is 9.97 Å². The number of nitrogens with one attached hydrogen (secondary N) is 2. The molecule has 2 heterocycles. The van der Waals surface area contributed by atoms with Crippen molar-refractivity contribution in [3.8, 4) is 10.6 Å². The second kappa shape index (κ2) is 7.64. The number of hydrogen-bond acceptors (Lipinski definition) is 8. The van der Waals surface area contributed by atoms with E-state index in [-0.39, 0.29) is 16.5 Å². The highest BCUT2D eigenvalue weighted by molar-refractivity contribution is 7.19. The van der Waals surface area contributed by atoms with Gasteiger partial charge in [0.1, 0.15) is 0 Å². The maximum atomic E-state index is 12.4. The number of amides is 2. The van der Waals surface area contributed by atoms with Gasteiger partial charge in [-0.2, -0.15) is 0 Å². The van der Waals surface area contributed by atoms with Gasteiger partial charge in [-0.25, -0.2) is 9.97 Å². The van der Waals surface area contributed by atoms with Crippen molar-refractivity contribution < 1.29 is 19.5 Å². The summed E-state index contributed by atoms with van der Waals surface area (Å²) in [4.78, 5) is 43.8. The fourth-order valence-electron chi connectivity index (χ4n) is 2.23. The number of nitrogens with zero attached hydrogens (tertiary/aromatic N) is 2. The molecule has 0 aliphatic rings. The fourth-order valence-corrected chi connectivity index (χ4v) is 3.98. The topological polar surface area (TPSA) is 124 Å². The summed E-state index contributed by atoms with van der Waals surface area (Å²) < 4.78 is 0. The number of anilines is 2. The number of rotatable bonds is 5.